The summed E-state index contributed by atoms with van der Waals surface area (Å²) in [4.78, 5) is 12.6. The maximum Gasteiger partial charge on any atom is 0.243 e. The Labute approximate surface area is 166 Å². The number of ether oxygens (including phenoxy) is 2. The fourth-order valence-electron chi connectivity index (χ4n) is 2.76. The molecule has 1 atom stereocenters. The molecule has 0 fully saturated rings. The lowest BCUT2D eigenvalue weighted by Gasteiger charge is -2.28. The molecule has 7 nitrogen and oxygen atoms in total. The summed E-state index contributed by atoms with van der Waals surface area (Å²) >= 11 is 0. The highest BCUT2D eigenvalue weighted by atomic mass is 32.2. The van der Waals surface area contributed by atoms with E-state index in [0.29, 0.717) is 18.0 Å². The van der Waals surface area contributed by atoms with Crippen LogP contribution in [-0.4, -0.2) is 40.3 Å². The molecule has 0 aliphatic heterocycles. The summed E-state index contributed by atoms with van der Waals surface area (Å²) in [5.41, 5.74) is 1.25. The molecular weight excluding hydrogens is 380 g/mol. The van der Waals surface area contributed by atoms with E-state index in [4.69, 9.17) is 9.47 Å². The molecule has 0 aliphatic carbocycles. The second-order valence-corrected chi connectivity index (χ2v) is 8.09. The van der Waals surface area contributed by atoms with Crippen LogP contribution in [-0.2, 0) is 21.4 Å². The Morgan fingerprint density at radius 2 is 1.82 bits per heavy atom. The van der Waals surface area contributed by atoms with Gasteiger partial charge in [0.05, 0.1) is 25.7 Å². The van der Waals surface area contributed by atoms with Crippen LogP contribution in [0.4, 0.5) is 5.69 Å². The summed E-state index contributed by atoms with van der Waals surface area (Å²) in [6.45, 7) is 4.32. The minimum absolute atomic E-state index is 0.283. The number of anilines is 1. The van der Waals surface area contributed by atoms with Gasteiger partial charge in [-0.1, -0.05) is 18.2 Å². The van der Waals surface area contributed by atoms with Gasteiger partial charge in [0.25, 0.3) is 0 Å². The van der Waals surface area contributed by atoms with Gasteiger partial charge >= 0.3 is 0 Å². The van der Waals surface area contributed by atoms with Crippen LogP contribution >= 0.6 is 0 Å². The molecule has 28 heavy (non-hydrogen) atoms. The molecule has 8 heteroatoms. The molecule has 0 bridgehead atoms. The molecule has 0 saturated heterocycles. The molecule has 0 saturated carbocycles. The average Bonchev–Trinajstić information content (AvgIpc) is 2.66. The van der Waals surface area contributed by atoms with Crippen LogP contribution in [0.1, 0.15) is 19.4 Å². The molecular formula is C20H26N2O5S. The molecule has 1 amide bonds. The van der Waals surface area contributed by atoms with Gasteiger partial charge in [-0.05, 0) is 43.7 Å². The van der Waals surface area contributed by atoms with Crippen molar-refractivity contribution in [2.75, 3.05) is 24.3 Å². The van der Waals surface area contributed by atoms with Crippen LogP contribution in [0.15, 0.2) is 48.5 Å². The van der Waals surface area contributed by atoms with Crippen LogP contribution in [0.25, 0.3) is 0 Å². The van der Waals surface area contributed by atoms with Gasteiger partial charge < -0.3 is 14.8 Å². The predicted molar refractivity (Wildman–Crippen MR) is 109 cm³/mol. The van der Waals surface area contributed by atoms with Crippen molar-refractivity contribution in [3.8, 4) is 11.5 Å². The van der Waals surface area contributed by atoms with Crippen LogP contribution in [0.3, 0.4) is 0 Å². The van der Waals surface area contributed by atoms with Gasteiger partial charge in [0.1, 0.15) is 17.5 Å². The van der Waals surface area contributed by atoms with E-state index in [1.54, 1.807) is 31.2 Å². The van der Waals surface area contributed by atoms with Crippen molar-refractivity contribution in [1.82, 2.24) is 5.32 Å². The van der Waals surface area contributed by atoms with E-state index in [1.165, 1.54) is 7.11 Å². The minimum Gasteiger partial charge on any atom is -0.497 e. The number of hydrogen-bond donors (Lipinski definition) is 1. The summed E-state index contributed by atoms with van der Waals surface area (Å²) in [5, 5.41) is 2.78. The smallest absolute Gasteiger partial charge is 0.243 e. The lowest BCUT2D eigenvalue weighted by Crippen LogP contribution is -2.47. The Balaban J connectivity index is 2.13. The van der Waals surface area contributed by atoms with E-state index in [2.05, 4.69) is 5.32 Å². The van der Waals surface area contributed by atoms with E-state index in [1.807, 2.05) is 31.2 Å². The lowest BCUT2D eigenvalue weighted by molar-refractivity contribution is -0.122. The zero-order valence-corrected chi connectivity index (χ0v) is 17.3. The fraction of sp³-hybridized carbons (Fsp3) is 0.350. The number of benzene rings is 2. The number of carbonyl (C=O) groups excluding carboxylic acids is 1. The number of sulfonamides is 1. The van der Waals surface area contributed by atoms with Gasteiger partial charge in [-0.25, -0.2) is 8.42 Å². The molecule has 152 valence electrons. The number of methoxy groups -OCH3 is 1. The van der Waals surface area contributed by atoms with Crippen molar-refractivity contribution in [1.29, 1.82) is 0 Å². The Bertz CT molecular complexity index is 897. The van der Waals surface area contributed by atoms with Crippen molar-refractivity contribution < 1.29 is 22.7 Å². The molecule has 1 N–H and O–H groups in total. The zero-order chi connectivity index (χ0) is 20.7. The Morgan fingerprint density at radius 1 is 1.14 bits per heavy atom. The Hall–Kier alpha value is -2.74. The van der Waals surface area contributed by atoms with E-state index in [0.717, 1.165) is 21.9 Å². The van der Waals surface area contributed by atoms with Gasteiger partial charge in [-0.15, -0.1) is 0 Å². The van der Waals surface area contributed by atoms with Crippen molar-refractivity contribution in [3.63, 3.8) is 0 Å². The predicted octanol–water partition coefficient (Wildman–Crippen LogP) is 2.56. The number of nitrogens with one attached hydrogen (secondary N) is 1. The monoisotopic (exact) mass is 406 g/mol. The topological polar surface area (TPSA) is 84.9 Å². The summed E-state index contributed by atoms with van der Waals surface area (Å²) in [6, 6.07) is 13.0. The van der Waals surface area contributed by atoms with Gasteiger partial charge in [0, 0.05) is 12.6 Å². The number of amides is 1. The van der Waals surface area contributed by atoms with Gasteiger partial charge in [0.15, 0.2) is 0 Å². The molecule has 2 aromatic carbocycles. The van der Waals surface area contributed by atoms with Crippen LogP contribution in [0.5, 0.6) is 11.5 Å². The number of hydrogen-bond acceptors (Lipinski definition) is 5. The standard InChI is InChI=1S/C20H26N2O5S/c1-5-27-18-11-9-16(10-12-18)14-21-20(23)15(2)22(28(4,24)25)17-7-6-8-19(13-17)26-3/h6-13,15H,5,14H2,1-4H3,(H,21,23)/t15-/m0/s1. The minimum atomic E-state index is -3.68. The molecule has 0 heterocycles. The number of carbonyl (C=O) groups is 1. The van der Waals surface area contributed by atoms with Crippen molar-refractivity contribution in [2.45, 2.75) is 26.4 Å². The van der Waals surface area contributed by atoms with Crippen molar-refractivity contribution in [3.05, 3.63) is 54.1 Å². The quantitative estimate of drug-likeness (QED) is 0.692. The van der Waals surface area contributed by atoms with E-state index in [-0.39, 0.29) is 6.54 Å². The van der Waals surface area contributed by atoms with Gasteiger partial charge in [-0.2, -0.15) is 0 Å². The molecule has 2 aromatic rings. The first-order valence-electron chi connectivity index (χ1n) is 8.89. The molecule has 0 radical (unpaired) electrons. The molecule has 0 aromatic heterocycles. The van der Waals surface area contributed by atoms with Crippen LogP contribution in [0, 0.1) is 0 Å². The van der Waals surface area contributed by atoms with E-state index in [9.17, 15) is 13.2 Å². The Kier molecular flexibility index (Phi) is 7.28. The highest BCUT2D eigenvalue weighted by Crippen LogP contribution is 2.25. The van der Waals surface area contributed by atoms with Gasteiger partial charge in [0.2, 0.25) is 15.9 Å². The van der Waals surface area contributed by atoms with Crippen LogP contribution in [0.2, 0.25) is 0 Å². The zero-order valence-electron chi connectivity index (χ0n) is 16.5. The van der Waals surface area contributed by atoms with E-state index < -0.39 is 22.0 Å². The number of nitrogens with zero attached hydrogens (tertiary/aromatic N) is 1. The molecule has 2 rings (SSSR count). The number of rotatable bonds is 9. The molecule has 0 spiro atoms. The maximum atomic E-state index is 12.6. The summed E-state index contributed by atoms with van der Waals surface area (Å²) in [5.74, 6) is 0.863. The van der Waals surface area contributed by atoms with E-state index >= 15 is 0 Å². The molecule has 0 unspecified atom stereocenters. The summed E-state index contributed by atoms with van der Waals surface area (Å²) in [6.07, 6.45) is 1.07. The third-order valence-electron chi connectivity index (χ3n) is 4.10. The van der Waals surface area contributed by atoms with Gasteiger partial charge in [-0.3, -0.25) is 9.10 Å². The highest BCUT2D eigenvalue weighted by molar-refractivity contribution is 7.92. The first-order valence-corrected chi connectivity index (χ1v) is 10.7. The average molecular weight is 407 g/mol. The third-order valence-corrected chi connectivity index (χ3v) is 5.34. The fourth-order valence-corrected chi connectivity index (χ4v) is 3.93. The molecule has 0 aliphatic rings. The SMILES string of the molecule is CCOc1ccc(CNC(=O)[C@H](C)N(c2cccc(OC)c2)S(C)(=O)=O)cc1. The largest absolute Gasteiger partial charge is 0.497 e. The second kappa shape index (κ2) is 9.45. The Morgan fingerprint density at radius 3 is 2.39 bits per heavy atom. The second-order valence-electron chi connectivity index (χ2n) is 6.23. The van der Waals surface area contributed by atoms with Crippen molar-refractivity contribution >= 4 is 21.6 Å². The first kappa shape index (κ1) is 21.6. The highest BCUT2D eigenvalue weighted by Gasteiger charge is 2.29. The lowest BCUT2D eigenvalue weighted by atomic mass is 10.2. The maximum absolute atomic E-state index is 12.6. The summed E-state index contributed by atoms with van der Waals surface area (Å²) in [7, 11) is -2.18. The van der Waals surface area contributed by atoms with Crippen LogP contribution < -0.4 is 19.1 Å². The first-order chi connectivity index (χ1) is 13.3. The normalized spacial score (nSPS) is 12.1. The summed E-state index contributed by atoms with van der Waals surface area (Å²) < 4.78 is 36.3. The third kappa shape index (κ3) is 5.63. The van der Waals surface area contributed by atoms with Crippen molar-refractivity contribution in [2.24, 2.45) is 0 Å².